The molecular weight excluding hydrogens is 552 g/mol. The number of anilines is 1. The monoisotopic (exact) mass is 573 g/mol. The minimum atomic E-state index is -4.40. The molecule has 0 spiro atoms. The van der Waals surface area contributed by atoms with Crippen LogP contribution in [0.2, 0.25) is 0 Å². The summed E-state index contributed by atoms with van der Waals surface area (Å²) in [6.45, 7) is 0.316. The Morgan fingerprint density at radius 1 is 1.13 bits per heavy atom. The van der Waals surface area contributed by atoms with E-state index in [2.05, 4.69) is 10.3 Å². The minimum absolute atomic E-state index is 0.159. The van der Waals surface area contributed by atoms with Crippen LogP contribution in [0.15, 0.2) is 77.9 Å². The zero-order valence-electron chi connectivity index (χ0n) is 19.9. The lowest BCUT2D eigenvalue weighted by atomic mass is 10.1. The van der Waals surface area contributed by atoms with Gasteiger partial charge in [-0.1, -0.05) is 84.7 Å². The molecule has 11 heteroatoms. The predicted molar refractivity (Wildman–Crippen MR) is 150 cm³/mol. The van der Waals surface area contributed by atoms with Crippen LogP contribution in [0.25, 0.3) is 6.08 Å². The zero-order valence-corrected chi connectivity index (χ0v) is 22.4. The number of thioether (sulfide) groups is 1. The van der Waals surface area contributed by atoms with Gasteiger partial charge in [0.2, 0.25) is 5.91 Å². The van der Waals surface area contributed by atoms with Gasteiger partial charge in [0.1, 0.15) is 4.32 Å². The summed E-state index contributed by atoms with van der Waals surface area (Å²) in [5.74, 6) is -0.450. The molecule has 1 aliphatic rings. The van der Waals surface area contributed by atoms with Crippen molar-refractivity contribution in [2.24, 2.45) is 0 Å². The first kappa shape index (κ1) is 27.7. The van der Waals surface area contributed by atoms with Crippen molar-refractivity contribution in [2.75, 3.05) is 11.9 Å². The topological polar surface area (TPSA) is 62.3 Å². The number of allylic oxidation sites excluding steroid dienone is 2. The van der Waals surface area contributed by atoms with E-state index in [0.29, 0.717) is 32.9 Å². The van der Waals surface area contributed by atoms with Gasteiger partial charge in [0.05, 0.1) is 10.5 Å². The molecular formula is C27H22F3N3O2S3. The summed E-state index contributed by atoms with van der Waals surface area (Å²) in [6, 6.07) is 14.9. The van der Waals surface area contributed by atoms with Crippen molar-refractivity contribution < 1.29 is 22.8 Å². The van der Waals surface area contributed by atoms with Crippen molar-refractivity contribution in [2.45, 2.75) is 25.4 Å². The fourth-order valence-electron chi connectivity index (χ4n) is 3.60. The van der Waals surface area contributed by atoms with E-state index in [1.807, 2.05) is 42.5 Å². The van der Waals surface area contributed by atoms with Gasteiger partial charge in [-0.2, -0.15) is 13.2 Å². The fourth-order valence-corrected chi connectivity index (χ4v) is 5.73. The molecule has 38 heavy (non-hydrogen) atoms. The van der Waals surface area contributed by atoms with Gasteiger partial charge in [0.25, 0.3) is 5.91 Å². The third-order valence-electron chi connectivity index (χ3n) is 5.43. The molecule has 2 amide bonds. The largest absolute Gasteiger partial charge is 0.416 e. The molecule has 196 valence electrons. The number of carbonyl (C=O) groups excluding carboxylic acids is 2. The van der Waals surface area contributed by atoms with Crippen molar-refractivity contribution in [1.82, 2.24) is 9.88 Å². The number of carbonyl (C=O) groups is 2. The number of halogens is 3. The van der Waals surface area contributed by atoms with Crippen molar-refractivity contribution in [3.8, 4) is 0 Å². The summed E-state index contributed by atoms with van der Waals surface area (Å²) in [7, 11) is 0. The molecule has 0 radical (unpaired) electrons. The van der Waals surface area contributed by atoms with Gasteiger partial charge < -0.3 is 5.32 Å². The lowest BCUT2D eigenvalue weighted by Crippen LogP contribution is -2.29. The van der Waals surface area contributed by atoms with Gasteiger partial charge in [0, 0.05) is 30.5 Å². The number of benzene rings is 2. The SMILES string of the molecule is O=C(CCCN1C(=O)/C(=C/C=C/c2ccccc2)SC1=S)Nc1ncc(Cc2cccc(C(F)(F)F)c2)s1. The molecule has 0 aliphatic carbocycles. The van der Waals surface area contributed by atoms with Crippen molar-refractivity contribution in [3.05, 3.63) is 99.4 Å². The van der Waals surface area contributed by atoms with Crippen molar-refractivity contribution in [1.29, 1.82) is 0 Å². The second-order valence-electron chi connectivity index (χ2n) is 8.28. The number of alkyl halides is 3. The standard InChI is InChI=1S/C27H22F3N3O2S3/c28-27(29,30)20-11-4-10-19(15-20)16-21-17-31-25(37-21)32-23(34)13-6-14-33-24(35)22(38-26(33)36)12-5-9-18-7-2-1-3-8-18/h1-5,7-12,15,17H,6,13-14,16H2,(H,31,32,34)/b9-5+,22-12-. The highest BCUT2D eigenvalue weighted by molar-refractivity contribution is 8.26. The molecule has 0 atom stereocenters. The van der Waals surface area contributed by atoms with Crippen LogP contribution in [0.3, 0.4) is 0 Å². The molecule has 1 aliphatic heterocycles. The third kappa shape index (κ3) is 7.62. The number of thiazole rings is 1. The zero-order chi connectivity index (χ0) is 27.1. The lowest BCUT2D eigenvalue weighted by molar-refractivity contribution is -0.137. The van der Waals surface area contributed by atoms with E-state index < -0.39 is 11.7 Å². The summed E-state index contributed by atoms with van der Waals surface area (Å²) in [4.78, 5) is 32.0. The summed E-state index contributed by atoms with van der Waals surface area (Å²) in [5.41, 5.74) is 0.830. The molecule has 0 saturated carbocycles. The molecule has 3 aromatic rings. The van der Waals surface area contributed by atoms with Crippen LogP contribution in [-0.4, -0.2) is 32.6 Å². The molecule has 2 heterocycles. The number of nitrogens with one attached hydrogen (secondary N) is 1. The van der Waals surface area contributed by atoms with Gasteiger partial charge >= 0.3 is 6.18 Å². The van der Waals surface area contributed by atoms with Crippen LogP contribution in [-0.2, 0) is 22.2 Å². The highest BCUT2D eigenvalue weighted by Gasteiger charge is 2.31. The number of amides is 2. The molecule has 1 aromatic heterocycles. The highest BCUT2D eigenvalue weighted by atomic mass is 32.2. The maximum Gasteiger partial charge on any atom is 0.416 e. The minimum Gasteiger partial charge on any atom is -0.302 e. The summed E-state index contributed by atoms with van der Waals surface area (Å²) in [6.07, 6.45) is 3.44. The smallest absolute Gasteiger partial charge is 0.302 e. The molecule has 0 unspecified atom stereocenters. The number of nitrogens with zero attached hydrogens (tertiary/aromatic N) is 2. The van der Waals surface area contributed by atoms with Crippen LogP contribution in [0, 0.1) is 0 Å². The number of thiocarbonyl (C=S) groups is 1. The second kappa shape index (κ2) is 12.5. The lowest BCUT2D eigenvalue weighted by Gasteiger charge is -2.13. The highest BCUT2D eigenvalue weighted by Crippen LogP contribution is 2.32. The van der Waals surface area contributed by atoms with E-state index in [1.54, 1.807) is 18.3 Å². The number of hydrogen-bond acceptors (Lipinski definition) is 6. The third-order valence-corrected chi connectivity index (χ3v) is 7.74. The van der Waals surface area contributed by atoms with E-state index in [4.69, 9.17) is 12.2 Å². The van der Waals surface area contributed by atoms with Crippen LogP contribution in [0.4, 0.5) is 18.3 Å². The Morgan fingerprint density at radius 2 is 1.92 bits per heavy atom. The predicted octanol–water partition coefficient (Wildman–Crippen LogP) is 6.93. The van der Waals surface area contributed by atoms with E-state index in [1.165, 1.54) is 34.1 Å². The molecule has 1 N–H and O–H groups in total. The Labute approximate surface area is 231 Å². The van der Waals surface area contributed by atoms with E-state index in [9.17, 15) is 22.8 Å². The number of rotatable bonds is 9. The molecule has 4 rings (SSSR count). The normalized spacial score (nSPS) is 15.1. The Bertz CT molecular complexity index is 1380. The molecule has 0 bridgehead atoms. The first-order valence-corrected chi connectivity index (χ1v) is 13.6. The summed E-state index contributed by atoms with van der Waals surface area (Å²) >= 11 is 7.78. The molecule has 2 aromatic carbocycles. The number of hydrogen-bond donors (Lipinski definition) is 1. The maximum atomic E-state index is 12.9. The molecule has 1 fully saturated rings. The Hall–Kier alpha value is -3.28. The first-order valence-electron chi connectivity index (χ1n) is 11.6. The van der Waals surface area contributed by atoms with Crippen LogP contribution in [0.1, 0.15) is 34.4 Å². The van der Waals surface area contributed by atoms with E-state index in [0.717, 1.165) is 22.6 Å². The van der Waals surface area contributed by atoms with Crippen LogP contribution < -0.4 is 5.32 Å². The van der Waals surface area contributed by atoms with E-state index >= 15 is 0 Å². The van der Waals surface area contributed by atoms with Gasteiger partial charge in [0.15, 0.2) is 5.13 Å². The quantitative estimate of drug-likeness (QED) is 0.222. The Balaban J connectivity index is 1.24. The Kier molecular flexibility index (Phi) is 9.13. The molecule has 5 nitrogen and oxygen atoms in total. The van der Waals surface area contributed by atoms with Gasteiger partial charge in [-0.15, -0.1) is 11.3 Å². The maximum absolute atomic E-state index is 12.9. The van der Waals surface area contributed by atoms with Crippen LogP contribution >= 0.6 is 35.3 Å². The van der Waals surface area contributed by atoms with Gasteiger partial charge in [-0.25, -0.2) is 4.98 Å². The average molecular weight is 574 g/mol. The van der Waals surface area contributed by atoms with Crippen molar-refractivity contribution in [3.63, 3.8) is 0 Å². The van der Waals surface area contributed by atoms with Gasteiger partial charge in [-0.05, 0) is 29.7 Å². The average Bonchev–Trinajstić information content (AvgIpc) is 3.42. The summed E-state index contributed by atoms with van der Waals surface area (Å²) in [5, 5.41) is 3.08. The Morgan fingerprint density at radius 3 is 2.68 bits per heavy atom. The molecule has 1 saturated heterocycles. The van der Waals surface area contributed by atoms with Crippen molar-refractivity contribution >= 4 is 62.7 Å². The number of aromatic nitrogens is 1. The van der Waals surface area contributed by atoms with E-state index in [-0.39, 0.29) is 24.7 Å². The van der Waals surface area contributed by atoms with Crippen LogP contribution in [0.5, 0.6) is 0 Å². The second-order valence-corrected chi connectivity index (χ2v) is 11.1. The first-order chi connectivity index (χ1) is 18.2. The summed E-state index contributed by atoms with van der Waals surface area (Å²) < 4.78 is 39.2. The fraction of sp³-hybridized carbons (Fsp3) is 0.185. The van der Waals surface area contributed by atoms with Gasteiger partial charge in [-0.3, -0.25) is 14.5 Å².